The topological polar surface area (TPSA) is 61.7 Å². The number of benzene rings is 9. The Balaban J connectivity index is 0.000000255. The van der Waals surface area contributed by atoms with Crippen LogP contribution >= 0.6 is 0 Å². The van der Waals surface area contributed by atoms with Crippen LogP contribution in [-0.2, 0) is 32.6 Å². The van der Waals surface area contributed by atoms with Crippen LogP contribution in [0.2, 0.25) is 0 Å². The van der Waals surface area contributed by atoms with E-state index in [2.05, 4.69) is 220 Å². The van der Waals surface area contributed by atoms with Crippen molar-refractivity contribution in [2.24, 2.45) is 7.05 Å². The van der Waals surface area contributed by atoms with Crippen LogP contribution in [0.25, 0.3) is 116 Å². The summed E-state index contributed by atoms with van der Waals surface area (Å²) in [6, 6.07) is 63.8. The minimum absolute atomic E-state index is 0. The van der Waals surface area contributed by atoms with Crippen LogP contribution < -0.4 is 0 Å². The van der Waals surface area contributed by atoms with Crippen LogP contribution in [-0.4, -0.2) is 24.1 Å². The van der Waals surface area contributed by atoms with E-state index in [1.54, 1.807) is 18.3 Å². The summed E-state index contributed by atoms with van der Waals surface area (Å²) in [6.07, 6.45) is 1.72. The van der Waals surface area contributed by atoms with E-state index in [4.69, 9.17) is 13.5 Å². The van der Waals surface area contributed by atoms with Crippen molar-refractivity contribution < 1.29 is 28.6 Å². The number of aromatic nitrogens is 5. The molecule has 9 aromatic carbocycles. The maximum Gasteiger partial charge on any atom is 0.121 e. The first kappa shape index (κ1) is 45.0. The molecule has 0 saturated carbocycles. The fraction of sp³-hybridized carbons (Fsp3) is 0.179. The fourth-order valence-electron chi connectivity index (χ4n) is 10.6. The zero-order chi connectivity index (χ0) is 52.8. The number of imidazole rings is 1. The van der Waals surface area contributed by atoms with Crippen molar-refractivity contribution >= 4 is 76.3 Å². The zero-order valence-electron chi connectivity index (χ0n) is 45.8. The molecule has 0 bridgehead atoms. The Labute approximate surface area is 450 Å². The standard InChI is InChI=1S/C52H40N3O.C15H17N2.Ir/c1-30(2)41-26-35(33-23-24-38-37-15-8-10-19-46(37)54(5)48(38)28-33)27-42(31(3)4)50(41)55-47-20-11-9-18-45(47)53-52(55)40-17-12-16-39-44-25-34-22-21-32-13-6-7-14-36(32)43(34)29-49(44)56-51(39)40;1-11-5-7-12(8-6-11)14-16-10-9-13(17-14)15(2,3)4;/h6-16,18-31H,1-5H3;5-7,9-10H,1-4H3;/q2*-1;/i;1D3;. The second-order valence-electron chi connectivity index (χ2n) is 20.9. The van der Waals surface area contributed by atoms with Gasteiger partial charge in [-0.3, -0.25) is 15.0 Å². The Morgan fingerprint density at radius 1 is 0.608 bits per heavy atom. The first-order valence-corrected chi connectivity index (χ1v) is 25.2. The van der Waals surface area contributed by atoms with Crippen molar-refractivity contribution in [2.75, 3.05) is 0 Å². The Kier molecular flexibility index (Phi) is 11.5. The Hall–Kier alpha value is -7.70. The summed E-state index contributed by atoms with van der Waals surface area (Å²) >= 11 is 0. The van der Waals surface area contributed by atoms with Crippen LogP contribution in [0, 0.1) is 19.0 Å². The second kappa shape index (κ2) is 19.0. The molecule has 0 saturated heterocycles. The summed E-state index contributed by atoms with van der Waals surface area (Å²) in [5.74, 6) is 1.88. The van der Waals surface area contributed by atoms with E-state index in [9.17, 15) is 0 Å². The molecule has 367 valence electrons. The van der Waals surface area contributed by atoms with Crippen molar-refractivity contribution in [3.8, 4) is 39.6 Å². The minimum Gasteiger partial charge on any atom is -0.501 e. The average Bonchev–Trinajstić information content (AvgIpc) is 4.32. The Bertz CT molecular complexity index is 4370. The molecule has 0 aliphatic carbocycles. The van der Waals surface area contributed by atoms with Gasteiger partial charge in [-0.2, -0.15) is 0 Å². The molecule has 0 spiro atoms. The molecule has 13 rings (SSSR count). The summed E-state index contributed by atoms with van der Waals surface area (Å²) in [7, 11) is 2.17. The van der Waals surface area contributed by atoms with E-state index in [1.807, 2.05) is 12.1 Å². The third kappa shape index (κ3) is 8.38. The molecule has 74 heavy (non-hydrogen) atoms. The molecular weight excluding hydrogens is 1080 g/mol. The first-order chi connectivity index (χ1) is 36.5. The molecule has 0 unspecified atom stereocenters. The van der Waals surface area contributed by atoms with E-state index < -0.39 is 6.85 Å². The van der Waals surface area contributed by atoms with Gasteiger partial charge < -0.3 is 13.6 Å². The Morgan fingerprint density at radius 2 is 1.32 bits per heavy atom. The van der Waals surface area contributed by atoms with Gasteiger partial charge >= 0.3 is 0 Å². The van der Waals surface area contributed by atoms with Crippen LogP contribution in [0.1, 0.15) is 86.8 Å². The molecule has 4 aromatic heterocycles. The molecule has 0 aliphatic rings. The first-order valence-electron chi connectivity index (χ1n) is 26.7. The van der Waals surface area contributed by atoms with Gasteiger partial charge in [0.25, 0.3) is 0 Å². The van der Waals surface area contributed by atoms with Gasteiger partial charge in [0.05, 0.1) is 28.3 Å². The van der Waals surface area contributed by atoms with Crippen LogP contribution in [0.5, 0.6) is 0 Å². The summed E-state index contributed by atoms with van der Waals surface area (Å²) in [4.78, 5) is 14.1. The van der Waals surface area contributed by atoms with Crippen molar-refractivity contribution in [2.45, 2.75) is 72.6 Å². The van der Waals surface area contributed by atoms with Gasteiger partial charge in [-0.05, 0) is 110 Å². The van der Waals surface area contributed by atoms with E-state index in [0.717, 1.165) is 50.1 Å². The number of aryl methyl sites for hydroxylation is 2. The SMILES string of the molecule is CC(C)c1cc(-c2ccc3c4ccccc4n(C)c3c2)cc(C(C)C)c1-n1c(-c2[c-]ccc3c2oc2cc4c(ccc5ccccc54)cc23)nc2ccccc21.[2H]C([2H])([2H])c1c[c-]c(-c2nccc(C(C)(C)C)n2)cc1.[Ir]. The number of rotatable bonds is 6. The van der Waals surface area contributed by atoms with Crippen LogP contribution in [0.4, 0.5) is 0 Å². The molecule has 4 heterocycles. The minimum atomic E-state index is -2.11. The van der Waals surface area contributed by atoms with E-state index in [0.29, 0.717) is 11.4 Å². The van der Waals surface area contributed by atoms with Gasteiger partial charge in [-0.25, -0.2) is 0 Å². The van der Waals surface area contributed by atoms with Gasteiger partial charge in [0.1, 0.15) is 5.58 Å². The molecule has 0 fully saturated rings. The van der Waals surface area contributed by atoms with E-state index in [1.165, 1.54) is 77.4 Å². The smallest absolute Gasteiger partial charge is 0.121 e. The summed E-state index contributed by atoms with van der Waals surface area (Å²) in [5.41, 5.74) is 15.1. The normalized spacial score (nSPS) is 12.8. The molecule has 1 radical (unpaired) electrons. The third-order valence-corrected chi connectivity index (χ3v) is 14.4. The van der Waals surface area contributed by atoms with Crippen molar-refractivity contribution in [1.29, 1.82) is 0 Å². The fourth-order valence-corrected chi connectivity index (χ4v) is 10.6. The quantitative estimate of drug-likeness (QED) is 0.123. The summed E-state index contributed by atoms with van der Waals surface area (Å²) in [6.45, 7) is 13.4. The number of para-hydroxylation sites is 3. The molecule has 0 atom stereocenters. The van der Waals surface area contributed by atoms with Gasteiger partial charge in [-0.1, -0.05) is 145 Å². The monoisotopic (exact) mass is 1140 g/mol. The maximum atomic E-state index is 7.35. The van der Waals surface area contributed by atoms with Crippen molar-refractivity contribution in [3.05, 3.63) is 205 Å². The van der Waals surface area contributed by atoms with Crippen molar-refractivity contribution in [1.82, 2.24) is 24.1 Å². The maximum absolute atomic E-state index is 7.35. The number of nitrogens with zero attached hydrogens (tertiary/aromatic N) is 5. The largest absolute Gasteiger partial charge is 0.501 e. The predicted molar refractivity (Wildman–Crippen MR) is 305 cm³/mol. The van der Waals surface area contributed by atoms with Gasteiger partial charge in [0, 0.05) is 81.5 Å². The van der Waals surface area contributed by atoms with Gasteiger partial charge in [-0.15, -0.1) is 53.6 Å². The molecule has 6 nitrogen and oxygen atoms in total. The third-order valence-electron chi connectivity index (χ3n) is 14.4. The average molecular weight is 1140 g/mol. The number of furan rings is 1. The second-order valence-corrected chi connectivity index (χ2v) is 20.9. The summed E-state index contributed by atoms with van der Waals surface area (Å²) < 4.78 is 33.6. The molecule has 0 N–H and O–H groups in total. The molecule has 0 aliphatic heterocycles. The summed E-state index contributed by atoms with van der Waals surface area (Å²) in [5, 5.41) is 9.56. The molecular formula is C67H57IrN5O-2. The number of hydrogen-bond donors (Lipinski definition) is 0. The van der Waals surface area contributed by atoms with E-state index in [-0.39, 0.29) is 42.9 Å². The van der Waals surface area contributed by atoms with Crippen molar-refractivity contribution in [3.63, 3.8) is 0 Å². The molecule has 13 aromatic rings. The van der Waals surface area contributed by atoms with E-state index >= 15 is 0 Å². The van der Waals surface area contributed by atoms with Gasteiger partial charge in [0.2, 0.25) is 0 Å². The molecule has 0 amide bonds. The zero-order valence-corrected chi connectivity index (χ0v) is 45.2. The molecule has 7 heteroatoms. The number of fused-ring (bicyclic) bond motifs is 10. The van der Waals surface area contributed by atoms with Crippen LogP contribution in [0.3, 0.4) is 0 Å². The van der Waals surface area contributed by atoms with Gasteiger partial charge in [0.15, 0.2) is 0 Å². The van der Waals surface area contributed by atoms with Crippen LogP contribution in [0.15, 0.2) is 174 Å². The number of hydrogen-bond acceptors (Lipinski definition) is 4. The Morgan fingerprint density at radius 3 is 2.07 bits per heavy atom. The predicted octanol–water partition coefficient (Wildman–Crippen LogP) is 17.8.